The zero-order valence-electron chi connectivity index (χ0n) is 11.0. The summed E-state index contributed by atoms with van der Waals surface area (Å²) in [5.41, 5.74) is 0.816. The number of halogens is 1. The summed E-state index contributed by atoms with van der Waals surface area (Å²) in [5.74, 6) is 0.188. The Morgan fingerprint density at radius 2 is 1.78 bits per heavy atom. The molecule has 0 spiro atoms. The second kappa shape index (κ2) is 6.04. The number of rotatable bonds is 3. The van der Waals surface area contributed by atoms with Crippen LogP contribution in [-0.4, -0.2) is 22.9 Å². The van der Waals surface area contributed by atoms with Crippen LogP contribution in [0.15, 0.2) is 24.3 Å². The van der Waals surface area contributed by atoms with E-state index >= 15 is 0 Å². The molecule has 0 radical (unpaired) electrons. The Morgan fingerprint density at radius 1 is 1.22 bits per heavy atom. The quantitative estimate of drug-likeness (QED) is 0.747. The van der Waals surface area contributed by atoms with E-state index in [9.17, 15) is 4.79 Å². The molecule has 98 valence electrons. The van der Waals surface area contributed by atoms with Crippen molar-refractivity contribution in [2.45, 2.75) is 51.6 Å². The number of nitrogens with zero attached hydrogens (tertiary/aromatic N) is 1. The van der Waals surface area contributed by atoms with Crippen LogP contribution in [0.1, 0.15) is 49.9 Å². The molecule has 0 saturated heterocycles. The largest absolute Gasteiger partial charge is 0.333 e. The molecule has 1 aromatic carbocycles. The molecule has 2 nitrogen and oxygen atoms in total. The van der Waals surface area contributed by atoms with Crippen molar-refractivity contribution in [1.82, 2.24) is 4.90 Å². The highest BCUT2D eigenvalue weighted by molar-refractivity contribution is 14.1. The van der Waals surface area contributed by atoms with Gasteiger partial charge in [-0.3, -0.25) is 4.79 Å². The van der Waals surface area contributed by atoms with Crippen LogP contribution in [0.3, 0.4) is 0 Å². The monoisotopic (exact) mass is 357 g/mol. The van der Waals surface area contributed by atoms with Crippen molar-refractivity contribution < 1.29 is 4.79 Å². The maximum absolute atomic E-state index is 12.6. The fraction of sp³-hybridized carbons (Fsp3) is 0.533. The molecule has 3 heteroatoms. The average molecular weight is 357 g/mol. The van der Waals surface area contributed by atoms with E-state index < -0.39 is 0 Å². The van der Waals surface area contributed by atoms with Crippen LogP contribution < -0.4 is 0 Å². The zero-order chi connectivity index (χ0) is 13.1. The van der Waals surface area contributed by atoms with E-state index in [1.807, 2.05) is 24.3 Å². The first-order valence-electron chi connectivity index (χ1n) is 6.68. The smallest absolute Gasteiger partial charge is 0.254 e. The molecule has 0 unspecified atom stereocenters. The lowest BCUT2D eigenvalue weighted by molar-refractivity contribution is 0.0613. The van der Waals surface area contributed by atoms with Crippen LogP contribution >= 0.6 is 22.6 Å². The summed E-state index contributed by atoms with van der Waals surface area (Å²) in [6.07, 6.45) is 4.84. The van der Waals surface area contributed by atoms with Gasteiger partial charge in [0, 0.05) is 21.2 Å². The predicted molar refractivity (Wildman–Crippen MR) is 82.7 cm³/mol. The Balaban J connectivity index is 2.20. The van der Waals surface area contributed by atoms with E-state index in [1.165, 1.54) is 16.4 Å². The van der Waals surface area contributed by atoms with Crippen LogP contribution in [0.4, 0.5) is 0 Å². The van der Waals surface area contributed by atoms with Gasteiger partial charge >= 0.3 is 0 Å². The Bertz CT molecular complexity index is 407. The minimum atomic E-state index is 0.188. The summed E-state index contributed by atoms with van der Waals surface area (Å²) in [6.45, 7) is 4.23. The molecular formula is C15H20INO. The van der Waals surface area contributed by atoms with E-state index in [4.69, 9.17) is 0 Å². The van der Waals surface area contributed by atoms with Crippen molar-refractivity contribution in [3.8, 4) is 0 Å². The van der Waals surface area contributed by atoms with E-state index in [0.717, 1.165) is 18.4 Å². The third kappa shape index (κ3) is 3.05. The minimum absolute atomic E-state index is 0.188. The lowest BCUT2D eigenvalue weighted by Crippen LogP contribution is -2.43. The van der Waals surface area contributed by atoms with Crippen LogP contribution in [0.5, 0.6) is 0 Å². The van der Waals surface area contributed by atoms with Gasteiger partial charge in [-0.05, 0) is 73.5 Å². The molecule has 0 atom stereocenters. The molecule has 1 aromatic rings. The molecule has 2 rings (SSSR count). The van der Waals surface area contributed by atoms with Crippen molar-refractivity contribution in [2.24, 2.45) is 0 Å². The Kier molecular flexibility index (Phi) is 4.65. The van der Waals surface area contributed by atoms with Gasteiger partial charge in [-0.2, -0.15) is 0 Å². The van der Waals surface area contributed by atoms with Gasteiger partial charge in [0.05, 0.1) is 0 Å². The molecule has 0 aliphatic heterocycles. The van der Waals surface area contributed by atoms with Gasteiger partial charge in [-0.15, -0.1) is 0 Å². The molecule has 0 heterocycles. The summed E-state index contributed by atoms with van der Waals surface area (Å²) >= 11 is 2.26. The van der Waals surface area contributed by atoms with Gasteiger partial charge in [-0.25, -0.2) is 0 Å². The maximum Gasteiger partial charge on any atom is 0.254 e. The number of carbonyl (C=O) groups is 1. The Morgan fingerprint density at radius 3 is 2.28 bits per heavy atom. The van der Waals surface area contributed by atoms with Crippen LogP contribution in [0, 0.1) is 3.57 Å². The van der Waals surface area contributed by atoms with Crippen molar-refractivity contribution in [2.75, 3.05) is 0 Å². The molecule has 1 amide bonds. The SMILES string of the molecule is CC(C)N(C(=O)c1ccc(I)cc1)C1CCCC1. The minimum Gasteiger partial charge on any atom is -0.333 e. The van der Waals surface area contributed by atoms with E-state index in [2.05, 4.69) is 41.3 Å². The number of hydrogen-bond donors (Lipinski definition) is 0. The molecule has 18 heavy (non-hydrogen) atoms. The van der Waals surface area contributed by atoms with Gasteiger partial charge in [0.1, 0.15) is 0 Å². The first-order chi connectivity index (χ1) is 8.59. The summed E-state index contributed by atoms with van der Waals surface area (Å²) in [7, 11) is 0. The highest BCUT2D eigenvalue weighted by Crippen LogP contribution is 2.26. The van der Waals surface area contributed by atoms with Crippen LogP contribution in [0.25, 0.3) is 0 Å². The Labute approximate surface area is 123 Å². The second-order valence-electron chi connectivity index (χ2n) is 5.25. The fourth-order valence-corrected chi connectivity index (χ4v) is 3.11. The van der Waals surface area contributed by atoms with Crippen LogP contribution in [-0.2, 0) is 0 Å². The molecule has 1 saturated carbocycles. The summed E-state index contributed by atoms with van der Waals surface area (Å²) in [6, 6.07) is 8.60. The number of hydrogen-bond acceptors (Lipinski definition) is 1. The fourth-order valence-electron chi connectivity index (χ4n) is 2.75. The zero-order valence-corrected chi connectivity index (χ0v) is 13.2. The van der Waals surface area contributed by atoms with Gasteiger partial charge in [-0.1, -0.05) is 12.8 Å². The van der Waals surface area contributed by atoms with Gasteiger partial charge < -0.3 is 4.90 Å². The molecule has 0 N–H and O–H groups in total. The first kappa shape index (κ1) is 13.8. The second-order valence-corrected chi connectivity index (χ2v) is 6.50. The first-order valence-corrected chi connectivity index (χ1v) is 7.75. The number of carbonyl (C=O) groups excluding carboxylic acids is 1. The molecule has 1 aliphatic rings. The highest BCUT2D eigenvalue weighted by atomic mass is 127. The number of amides is 1. The molecule has 1 aliphatic carbocycles. The topological polar surface area (TPSA) is 20.3 Å². The lowest BCUT2D eigenvalue weighted by Gasteiger charge is -2.33. The molecule has 0 aromatic heterocycles. The lowest BCUT2D eigenvalue weighted by atomic mass is 10.1. The predicted octanol–water partition coefficient (Wildman–Crippen LogP) is 4.08. The molecule has 0 bridgehead atoms. The standard InChI is InChI=1S/C15H20INO/c1-11(2)17(14-5-3-4-6-14)15(18)12-7-9-13(16)10-8-12/h7-11,14H,3-6H2,1-2H3. The average Bonchev–Trinajstić information content (AvgIpc) is 2.83. The summed E-state index contributed by atoms with van der Waals surface area (Å²) < 4.78 is 1.17. The van der Waals surface area contributed by atoms with Crippen LogP contribution in [0.2, 0.25) is 0 Å². The van der Waals surface area contributed by atoms with Gasteiger partial charge in [0.15, 0.2) is 0 Å². The van der Waals surface area contributed by atoms with Crippen molar-refractivity contribution >= 4 is 28.5 Å². The van der Waals surface area contributed by atoms with Crippen molar-refractivity contribution in [3.63, 3.8) is 0 Å². The normalized spacial score (nSPS) is 16.2. The summed E-state index contributed by atoms with van der Waals surface area (Å²) in [4.78, 5) is 14.7. The highest BCUT2D eigenvalue weighted by Gasteiger charge is 2.29. The molecular weight excluding hydrogens is 337 g/mol. The van der Waals surface area contributed by atoms with Gasteiger partial charge in [0.2, 0.25) is 0 Å². The maximum atomic E-state index is 12.6. The summed E-state index contributed by atoms with van der Waals surface area (Å²) in [5, 5.41) is 0. The van der Waals surface area contributed by atoms with E-state index in [0.29, 0.717) is 6.04 Å². The van der Waals surface area contributed by atoms with Crippen molar-refractivity contribution in [3.05, 3.63) is 33.4 Å². The van der Waals surface area contributed by atoms with E-state index in [-0.39, 0.29) is 11.9 Å². The molecule has 1 fully saturated rings. The van der Waals surface area contributed by atoms with Gasteiger partial charge in [0.25, 0.3) is 5.91 Å². The third-order valence-corrected chi connectivity index (χ3v) is 4.32. The third-order valence-electron chi connectivity index (χ3n) is 3.60. The van der Waals surface area contributed by atoms with E-state index in [1.54, 1.807) is 0 Å². The van der Waals surface area contributed by atoms with Crippen molar-refractivity contribution in [1.29, 1.82) is 0 Å². The Hall–Kier alpha value is -0.580. The number of benzene rings is 1.